The number of amides is 2. The van der Waals surface area contributed by atoms with Gasteiger partial charge in [-0.1, -0.05) is 53.5 Å². The maximum atomic E-state index is 13.7. The third-order valence-electron chi connectivity index (χ3n) is 5.77. The zero-order valence-electron chi connectivity index (χ0n) is 20.0. The summed E-state index contributed by atoms with van der Waals surface area (Å²) in [5, 5.41) is 10.7. The van der Waals surface area contributed by atoms with E-state index in [2.05, 4.69) is 0 Å². The molecule has 1 saturated heterocycles. The highest BCUT2D eigenvalue weighted by Crippen LogP contribution is 2.27. The van der Waals surface area contributed by atoms with Crippen molar-refractivity contribution in [2.75, 3.05) is 13.1 Å². The molecule has 0 aliphatic carbocycles. The number of carbonyl (C=O) groups excluding carboxylic acids is 2. The largest absolute Gasteiger partial charge is 0.480 e. The van der Waals surface area contributed by atoms with E-state index < -0.39 is 35.7 Å². The molecule has 1 aliphatic rings. The molecule has 0 spiro atoms. The molecule has 2 aromatic rings. The minimum Gasteiger partial charge on any atom is -0.480 e. The maximum absolute atomic E-state index is 13.7. The highest BCUT2D eigenvalue weighted by molar-refractivity contribution is 6.36. The van der Waals surface area contributed by atoms with E-state index in [4.69, 9.17) is 27.9 Å². The first-order valence-corrected chi connectivity index (χ1v) is 12.2. The smallest absolute Gasteiger partial charge is 0.410 e. The Morgan fingerprint density at radius 2 is 1.83 bits per heavy atom. The summed E-state index contributed by atoms with van der Waals surface area (Å²) in [5.74, 6) is -1.68. The second kappa shape index (κ2) is 11.3. The first-order valence-electron chi connectivity index (χ1n) is 11.5. The molecule has 35 heavy (non-hydrogen) atoms. The molecule has 188 valence electrons. The number of hydrogen-bond donors (Lipinski definition) is 1. The van der Waals surface area contributed by atoms with Crippen molar-refractivity contribution in [3.63, 3.8) is 0 Å². The van der Waals surface area contributed by atoms with Crippen LogP contribution >= 0.6 is 23.2 Å². The molecule has 7 nitrogen and oxygen atoms in total. The molecule has 0 bridgehead atoms. The van der Waals surface area contributed by atoms with Gasteiger partial charge in [0, 0.05) is 24.5 Å². The lowest BCUT2D eigenvalue weighted by molar-refractivity contribution is -0.142. The lowest BCUT2D eigenvalue weighted by Gasteiger charge is -2.35. The van der Waals surface area contributed by atoms with Gasteiger partial charge in [-0.05, 0) is 57.4 Å². The number of carboxylic acids is 1. The Balaban J connectivity index is 1.95. The zero-order chi connectivity index (χ0) is 25.8. The topological polar surface area (TPSA) is 87.2 Å². The van der Waals surface area contributed by atoms with E-state index in [-0.39, 0.29) is 23.6 Å². The second-order valence-electron chi connectivity index (χ2n) is 9.60. The van der Waals surface area contributed by atoms with Crippen LogP contribution < -0.4 is 0 Å². The van der Waals surface area contributed by atoms with Crippen molar-refractivity contribution >= 4 is 41.2 Å². The van der Waals surface area contributed by atoms with Gasteiger partial charge >= 0.3 is 12.1 Å². The van der Waals surface area contributed by atoms with E-state index in [9.17, 15) is 19.5 Å². The third-order valence-corrected chi connectivity index (χ3v) is 6.32. The molecule has 1 aliphatic heterocycles. The van der Waals surface area contributed by atoms with Gasteiger partial charge in [0.25, 0.3) is 5.91 Å². The van der Waals surface area contributed by atoms with Gasteiger partial charge < -0.3 is 19.6 Å². The quantitative estimate of drug-likeness (QED) is 0.518. The van der Waals surface area contributed by atoms with Crippen LogP contribution in [0.2, 0.25) is 10.0 Å². The summed E-state index contributed by atoms with van der Waals surface area (Å²) in [5.41, 5.74) is 0.250. The van der Waals surface area contributed by atoms with E-state index in [1.165, 1.54) is 23.1 Å². The molecule has 1 N–H and O–H groups in total. The Morgan fingerprint density at radius 3 is 2.43 bits per heavy atom. The van der Waals surface area contributed by atoms with Crippen molar-refractivity contribution in [1.29, 1.82) is 0 Å². The molecule has 0 aromatic heterocycles. The van der Waals surface area contributed by atoms with Crippen molar-refractivity contribution < 1.29 is 24.2 Å². The summed E-state index contributed by atoms with van der Waals surface area (Å²) in [6.45, 7) is 5.86. The van der Waals surface area contributed by atoms with E-state index >= 15 is 0 Å². The predicted octanol–water partition coefficient (Wildman–Crippen LogP) is 5.53. The van der Waals surface area contributed by atoms with Crippen molar-refractivity contribution in [3.8, 4) is 0 Å². The Labute approximate surface area is 215 Å². The van der Waals surface area contributed by atoms with Crippen LogP contribution in [0.4, 0.5) is 4.79 Å². The number of likely N-dealkylation sites (tertiary alicyclic amines) is 1. The minimum absolute atomic E-state index is 0.0286. The molecule has 2 atom stereocenters. The Morgan fingerprint density at radius 1 is 1.14 bits per heavy atom. The van der Waals surface area contributed by atoms with Crippen molar-refractivity contribution in [1.82, 2.24) is 9.80 Å². The van der Waals surface area contributed by atoms with Gasteiger partial charge in [-0.25, -0.2) is 9.59 Å². The normalized spacial score (nSPS) is 16.6. The monoisotopic (exact) mass is 520 g/mol. The van der Waals surface area contributed by atoms with E-state index in [0.717, 1.165) is 12.0 Å². The SMILES string of the molecule is CC(C)(C)OC(=O)N1CCC[C@H]1CN(C(=O)c1ccc(Cl)cc1Cl)[C@@H](Cc1ccccc1)C(=O)O. The molecule has 1 fully saturated rings. The molecule has 0 unspecified atom stereocenters. The molecular weight excluding hydrogens is 491 g/mol. The van der Waals surface area contributed by atoms with Gasteiger partial charge in [-0.3, -0.25) is 4.79 Å². The highest BCUT2D eigenvalue weighted by atomic mass is 35.5. The number of carboxylic acid groups (broad SMARTS) is 1. The van der Waals surface area contributed by atoms with Gasteiger partial charge in [0.15, 0.2) is 0 Å². The van der Waals surface area contributed by atoms with Crippen LogP contribution in [0, 0.1) is 0 Å². The van der Waals surface area contributed by atoms with Crippen molar-refractivity contribution in [2.45, 2.75) is 57.7 Å². The number of rotatable bonds is 7. The summed E-state index contributed by atoms with van der Waals surface area (Å²) in [6, 6.07) is 12.0. The van der Waals surface area contributed by atoms with Gasteiger partial charge in [-0.2, -0.15) is 0 Å². The Kier molecular flexibility index (Phi) is 8.67. The van der Waals surface area contributed by atoms with Crippen LogP contribution in [0.15, 0.2) is 48.5 Å². The lowest BCUT2D eigenvalue weighted by Crippen LogP contribution is -2.53. The third kappa shape index (κ3) is 7.12. The molecule has 2 amide bonds. The summed E-state index contributed by atoms with van der Waals surface area (Å²) in [4.78, 5) is 41.9. The summed E-state index contributed by atoms with van der Waals surface area (Å²) >= 11 is 12.3. The number of halogens is 2. The Hall–Kier alpha value is -2.77. The van der Waals surface area contributed by atoms with Gasteiger partial charge in [0.1, 0.15) is 11.6 Å². The summed E-state index contributed by atoms with van der Waals surface area (Å²) < 4.78 is 5.55. The zero-order valence-corrected chi connectivity index (χ0v) is 21.6. The number of benzene rings is 2. The Bertz CT molecular complexity index is 1070. The first kappa shape index (κ1) is 26.8. The second-order valence-corrected chi connectivity index (χ2v) is 10.4. The van der Waals surface area contributed by atoms with Crippen LogP contribution in [-0.2, 0) is 16.0 Å². The number of carbonyl (C=O) groups is 3. The lowest BCUT2D eigenvalue weighted by atomic mass is 10.0. The fourth-order valence-corrected chi connectivity index (χ4v) is 4.64. The van der Waals surface area contributed by atoms with Crippen LogP contribution in [0.3, 0.4) is 0 Å². The molecule has 1 heterocycles. The van der Waals surface area contributed by atoms with Crippen molar-refractivity contribution in [2.24, 2.45) is 0 Å². The molecule has 2 aromatic carbocycles. The van der Waals surface area contributed by atoms with Gasteiger partial charge in [0.2, 0.25) is 0 Å². The summed E-state index contributed by atoms with van der Waals surface area (Å²) in [7, 11) is 0. The van der Waals surface area contributed by atoms with E-state index in [1.54, 1.807) is 25.7 Å². The van der Waals surface area contributed by atoms with Crippen molar-refractivity contribution in [3.05, 3.63) is 69.7 Å². The predicted molar refractivity (Wildman–Crippen MR) is 135 cm³/mol. The van der Waals surface area contributed by atoms with Gasteiger partial charge in [0.05, 0.1) is 16.6 Å². The minimum atomic E-state index is -1.17. The number of nitrogens with zero attached hydrogens (tertiary/aromatic N) is 2. The molecule has 3 rings (SSSR count). The van der Waals surface area contributed by atoms with Gasteiger partial charge in [-0.15, -0.1) is 0 Å². The molecule has 0 saturated carbocycles. The number of ether oxygens (including phenoxy) is 1. The molecular formula is C26H30Cl2N2O5. The average molecular weight is 521 g/mol. The summed E-state index contributed by atoms with van der Waals surface area (Å²) in [6.07, 6.45) is 0.970. The first-order chi connectivity index (χ1) is 16.5. The number of hydrogen-bond acceptors (Lipinski definition) is 4. The van der Waals surface area contributed by atoms with Crippen LogP contribution in [-0.4, -0.2) is 63.7 Å². The van der Waals surface area contributed by atoms with E-state index in [0.29, 0.717) is 18.0 Å². The van der Waals surface area contributed by atoms with E-state index in [1.807, 2.05) is 30.3 Å². The molecule has 9 heteroatoms. The maximum Gasteiger partial charge on any atom is 0.410 e. The average Bonchev–Trinajstić information content (AvgIpc) is 3.23. The number of aliphatic carboxylic acids is 1. The van der Waals surface area contributed by atoms with Crippen LogP contribution in [0.25, 0.3) is 0 Å². The fourth-order valence-electron chi connectivity index (χ4n) is 4.15. The molecule has 0 radical (unpaired) electrons. The fraction of sp³-hybridized carbons (Fsp3) is 0.423. The van der Waals surface area contributed by atoms with Crippen LogP contribution in [0.1, 0.15) is 49.5 Å². The highest BCUT2D eigenvalue weighted by Gasteiger charge is 2.38. The standard InChI is InChI=1S/C26H30Cl2N2O5/c1-26(2,3)35-25(34)29-13-7-10-19(29)16-30(23(31)20-12-11-18(27)15-21(20)28)22(24(32)33)14-17-8-5-4-6-9-17/h4-6,8-9,11-12,15,19,22H,7,10,13-14,16H2,1-3H3,(H,32,33)/t19-,22-/m0/s1. The van der Waals surface area contributed by atoms with Crippen LogP contribution in [0.5, 0.6) is 0 Å².